The van der Waals surface area contributed by atoms with Gasteiger partial charge in [0.15, 0.2) is 18.1 Å². The number of amides is 1. The second kappa shape index (κ2) is 8.13. The van der Waals surface area contributed by atoms with Gasteiger partial charge in [0.25, 0.3) is 5.91 Å². The number of aromatic nitrogens is 4. The summed E-state index contributed by atoms with van der Waals surface area (Å²) in [6.45, 7) is 0.454. The van der Waals surface area contributed by atoms with Crippen LogP contribution in [0.25, 0.3) is 11.4 Å². The number of halogens is 1. The van der Waals surface area contributed by atoms with Crippen molar-refractivity contribution in [1.29, 1.82) is 0 Å². The minimum absolute atomic E-state index is 0.273. The minimum atomic E-state index is -0.594. The van der Waals surface area contributed by atoms with Crippen molar-refractivity contribution >= 4 is 17.5 Å². The molecule has 0 aliphatic carbocycles. The fourth-order valence-corrected chi connectivity index (χ4v) is 3.00. The molecule has 0 atom stereocenters. The van der Waals surface area contributed by atoms with E-state index in [0.29, 0.717) is 10.8 Å². The number of primary amides is 1. The van der Waals surface area contributed by atoms with Gasteiger partial charge in [0, 0.05) is 37.7 Å². The molecule has 0 bridgehead atoms. The molecule has 0 saturated heterocycles. The molecule has 0 saturated carbocycles. The molecular formula is C18H20ClN5O3. The molecule has 3 aromatic rings. The zero-order chi connectivity index (χ0) is 19.4. The molecule has 142 valence electrons. The lowest BCUT2D eigenvalue weighted by Crippen LogP contribution is -2.20. The summed E-state index contributed by atoms with van der Waals surface area (Å²) in [5.74, 6) is 0.833. The fourth-order valence-electron chi connectivity index (χ4n) is 2.73. The maximum Gasteiger partial charge on any atom is 0.255 e. The van der Waals surface area contributed by atoms with Crippen LogP contribution in [-0.4, -0.2) is 39.0 Å². The van der Waals surface area contributed by atoms with Crippen LogP contribution in [0.2, 0.25) is 5.02 Å². The zero-order valence-electron chi connectivity index (χ0n) is 15.1. The molecule has 3 rings (SSSR count). The molecule has 0 radical (unpaired) electrons. The maximum absolute atomic E-state index is 11.0. The van der Waals surface area contributed by atoms with Gasteiger partial charge in [-0.2, -0.15) is 5.10 Å². The van der Waals surface area contributed by atoms with Crippen molar-refractivity contribution in [2.24, 2.45) is 12.8 Å². The van der Waals surface area contributed by atoms with Crippen LogP contribution in [0.3, 0.4) is 0 Å². The van der Waals surface area contributed by atoms with Crippen LogP contribution in [0.4, 0.5) is 0 Å². The van der Waals surface area contributed by atoms with Crippen molar-refractivity contribution in [2.75, 3.05) is 13.7 Å². The first kappa shape index (κ1) is 18.8. The molecule has 2 heterocycles. The van der Waals surface area contributed by atoms with Crippen molar-refractivity contribution in [3.05, 3.63) is 47.5 Å². The van der Waals surface area contributed by atoms with E-state index >= 15 is 0 Å². The SMILES string of the molecule is COc1cc(-c2nccn2CCc2cnn(C)c2)cc(Cl)c1OCC(N)=O. The highest BCUT2D eigenvalue weighted by Gasteiger charge is 2.16. The third kappa shape index (κ3) is 4.40. The van der Waals surface area contributed by atoms with Gasteiger partial charge in [-0.3, -0.25) is 9.48 Å². The van der Waals surface area contributed by atoms with Gasteiger partial charge in [-0.25, -0.2) is 4.98 Å². The van der Waals surface area contributed by atoms with E-state index in [4.69, 9.17) is 26.8 Å². The van der Waals surface area contributed by atoms with Crippen LogP contribution < -0.4 is 15.2 Å². The van der Waals surface area contributed by atoms with Crippen molar-refractivity contribution in [1.82, 2.24) is 19.3 Å². The monoisotopic (exact) mass is 389 g/mol. The fraction of sp³-hybridized carbons (Fsp3) is 0.278. The van der Waals surface area contributed by atoms with E-state index in [9.17, 15) is 4.79 Å². The Morgan fingerprint density at radius 1 is 1.37 bits per heavy atom. The number of aryl methyl sites for hydroxylation is 3. The Hall–Kier alpha value is -3.00. The average Bonchev–Trinajstić information content (AvgIpc) is 3.26. The molecule has 0 unspecified atom stereocenters. The number of ether oxygens (including phenoxy) is 2. The lowest BCUT2D eigenvalue weighted by molar-refractivity contribution is -0.119. The first-order valence-electron chi connectivity index (χ1n) is 8.25. The van der Waals surface area contributed by atoms with Crippen LogP contribution >= 0.6 is 11.6 Å². The standard InChI is InChI=1S/C18H20ClN5O3/c1-23-10-12(9-22-23)3-5-24-6-4-21-18(24)13-7-14(19)17(15(8-13)26-2)27-11-16(20)25/h4,6-10H,3,5,11H2,1-2H3,(H2,20,25). The van der Waals surface area contributed by atoms with Gasteiger partial charge in [0.2, 0.25) is 0 Å². The number of methoxy groups -OCH3 is 1. The summed E-state index contributed by atoms with van der Waals surface area (Å²) in [6, 6.07) is 3.49. The Morgan fingerprint density at radius 2 is 2.19 bits per heavy atom. The van der Waals surface area contributed by atoms with Gasteiger partial charge in [-0.05, 0) is 24.1 Å². The topological polar surface area (TPSA) is 97.2 Å². The van der Waals surface area contributed by atoms with E-state index in [1.807, 2.05) is 30.2 Å². The summed E-state index contributed by atoms with van der Waals surface area (Å²) in [5.41, 5.74) is 7.04. The van der Waals surface area contributed by atoms with E-state index in [0.717, 1.165) is 29.9 Å². The van der Waals surface area contributed by atoms with E-state index < -0.39 is 5.91 Å². The highest BCUT2D eigenvalue weighted by atomic mass is 35.5. The number of hydrogen-bond donors (Lipinski definition) is 1. The summed E-state index contributed by atoms with van der Waals surface area (Å²) in [5, 5.41) is 4.49. The van der Waals surface area contributed by atoms with Gasteiger partial charge in [-0.15, -0.1) is 0 Å². The Bertz CT molecular complexity index is 950. The minimum Gasteiger partial charge on any atom is -0.493 e. The van der Waals surface area contributed by atoms with Crippen LogP contribution in [0.1, 0.15) is 5.56 Å². The number of nitrogens with two attached hydrogens (primary N) is 1. The highest BCUT2D eigenvalue weighted by Crippen LogP contribution is 2.39. The first-order valence-corrected chi connectivity index (χ1v) is 8.63. The van der Waals surface area contributed by atoms with E-state index in [2.05, 4.69) is 10.1 Å². The molecule has 27 heavy (non-hydrogen) atoms. The third-order valence-corrected chi connectivity index (χ3v) is 4.24. The number of rotatable bonds is 8. The number of imidazole rings is 1. The van der Waals surface area contributed by atoms with Crippen LogP contribution in [-0.2, 0) is 24.8 Å². The molecular weight excluding hydrogens is 370 g/mol. The van der Waals surface area contributed by atoms with Crippen molar-refractivity contribution in [2.45, 2.75) is 13.0 Å². The molecule has 9 heteroatoms. The predicted octanol–water partition coefficient (Wildman–Crippen LogP) is 2.05. The molecule has 2 aromatic heterocycles. The van der Waals surface area contributed by atoms with E-state index in [-0.39, 0.29) is 12.4 Å². The maximum atomic E-state index is 11.0. The largest absolute Gasteiger partial charge is 0.493 e. The van der Waals surface area contributed by atoms with Crippen molar-refractivity contribution < 1.29 is 14.3 Å². The quantitative estimate of drug-likeness (QED) is 0.636. The first-order chi connectivity index (χ1) is 13.0. The van der Waals surface area contributed by atoms with Gasteiger partial charge < -0.3 is 19.8 Å². The predicted molar refractivity (Wildman–Crippen MR) is 101 cm³/mol. The molecule has 8 nitrogen and oxygen atoms in total. The lowest BCUT2D eigenvalue weighted by Gasteiger charge is -2.14. The normalized spacial score (nSPS) is 10.8. The number of carbonyl (C=O) groups excluding carboxylic acids is 1. The Kier molecular flexibility index (Phi) is 5.66. The third-order valence-electron chi connectivity index (χ3n) is 3.96. The van der Waals surface area contributed by atoms with Crippen molar-refractivity contribution in [3.63, 3.8) is 0 Å². The van der Waals surface area contributed by atoms with Gasteiger partial charge in [0.1, 0.15) is 5.82 Å². The van der Waals surface area contributed by atoms with Gasteiger partial charge in [-0.1, -0.05) is 11.6 Å². The van der Waals surface area contributed by atoms with Gasteiger partial charge >= 0.3 is 0 Å². The summed E-state index contributed by atoms with van der Waals surface area (Å²) < 4.78 is 14.5. The molecule has 1 amide bonds. The zero-order valence-corrected chi connectivity index (χ0v) is 15.8. The molecule has 0 spiro atoms. The molecule has 0 fully saturated rings. The average molecular weight is 390 g/mol. The van der Waals surface area contributed by atoms with Crippen LogP contribution in [0.5, 0.6) is 11.5 Å². The second-order valence-corrected chi connectivity index (χ2v) is 6.37. The summed E-state index contributed by atoms with van der Waals surface area (Å²) in [4.78, 5) is 15.4. The molecule has 0 aliphatic rings. The number of nitrogens with zero attached hydrogens (tertiary/aromatic N) is 4. The molecule has 0 aliphatic heterocycles. The second-order valence-electron chi connectivity index (χ2n) is 5.96. The number of hydrogen-bond acceptors (Lipinski definition) is 5. The Morgan fingerprint density at radius 3 is 2.85 bits per heavy atom. The number of carbonyl (C=O) groups is 1. The smallest absolute Gasteiger partial charge is 0.255 e. The van der Waals surface area contributed by atoms with Crippen LogP contribution in [0, 0.1) is 0 Å². The van der Waals surface area contributed by atoms with Gasteiger partial charge in [0.05, 0.1) is 18.3 Å². The van der Waals surface area contributed by atoms with E-state index in [1.165, 1.54) is 7.11 Å². The van der Waals surface area contributed by atoms with Crippen molar-refractivity contribution in [3.8, 4) is 22.9 Å². The Balaban J connectivity index is 1.85. The van der Waals surface area contributed by atoms with Crippen LogP contribution in [0.15, 0.2) is 36.9 Å². The van der Waals surface area contributed by atoms with E-state index in [1.54, 1.807) is 23.0 Å². The summed E-state index contributed by atoms with van der Waals surface area (Å²) >= 11 is 6.34. The Labute approximate surface area is 161 Å². The lowest BCUT2D eigenvalue weighted by atomic mass is 10.1. The number of benzene rings is 1. The highest BCUT2D eigenvalue weighted by molar-refractivity contribution is 6.32. The summed E-state index contributed by atoms with van der Waals surface area (Å²) in [6.07, 6.45) is 8.30. The molecule has 2 N–H and O–H groups in total. The molecule has 1 aromatic carbocycles. The summed E-state index contributed by atoms with van der Waals surface area (Å²) in [7, 11) is 3.39.